The van der Waals surface area contributed by atoms with Gasteiger partial charge in [0, 0.05) is 5.56 Å². The number of nitrogens with one attached hydrogen (secondary N) is 1. The van der Waals surface area contributed by atoms with E-state index in [1.807, 2.05) is 0 Å². The Balaban J connectivity index is 2.12. The van der Waals surface area contributed by atoms with Crippen LogP contribution < -0.4 is 5.32 Å². The number of hydrogen-bond acceptors (Lipinski definition) is 3. The lowest BCUT2D eigenvalue weighted by molar-refractivity contribution is -0.155. The number of halogens is 1. The van der Waals surface area contributed by atoms with E-state index < -0.39 is 17.4 Å². The first-order valence-electron chi connectivity index (χ1n) is 5.83. The molecule has 0 aliphatic heterocycles. The van der Waals surface area contributed by atoms with Crippen LogP contribution in [-0.2, 0) is 19.9 Å². The lowest BCUT2D eigenvalue weighted by Crippen LogP contribution is -2.40. The van der Waals surface area contributed by atoms with Crippen molar-refractivity contribution in [1.29, 1.82) is 0 Å². The molecule has 4 nitrogen and oxygen atoms in total. The van der Waals surface area contributed by atoms with Gasteiger partial charge >= 0.3 is 11.9 Å². The predicted molar refractivity (Wildman–Crippen MR) is 62.1 cm³/mol. The van der Waals surface area contributed by atoms with E-state index in [2.05, 4.69) is 10.1 Å². The van der Waals surface area contributed by atoms with E-state index in [9.17, 15) is 14.0 Å². The number of carbonyl (C=O) groups excluding carboxylic acids is 2. The molecular weight excluding hydrogens is 237 g/mol. The summed E-state index contributed by atoms with van der Waals surface area (Å²) in [6, 6.07) is 6.25. The predicted octanol–water partition coefficient (Wildman–Crippen LogP) is 1.49. The average molecular weight is 251 g/mol. The van der Waals surface area contributed by atoms with Crippen LogP contribution in [0.3, 0.4) is 0 Å². The first-order chi connectivity index (χ1) is 8.59. The summed E-state index contributed by atoms with van der Waals surface area (Å²) in [4.78, 5) is 22.8. The summed E-state index contributed by atoms with van der Waals surface area (Å²) in [5.74, 6) is -2.13. The molecule has 96 valence electrons. The van der Waals surface area contributed by atoms with Gasteiger partial charge in [0.25, 0.3) is 0 Å². The van der Waals surface area contributed by atoms with Crippen molar-refractivity contribution in [1.82, 2.24) is 5.32 Å². The number of benzene rings is 1. The third-order valence-corrected chi connectivity index (χ3v) is 2.95. The number of rotatable bonds is 3. The third-order valence-electron chi connectivity index (χ3n) is 2.95. The molecule has 1 saturated carbocycles. The fraction of sp³-hybridized carbons (Fsp3) is 0.385. The maximum atomic E-state index is 13.7. The van der Waals surface area contributed by atoms with Crippen LogP contribution in [0.1, 0.15) is 25.3 Å². The van der Waals surface area contributed by atoms with Crippen LogP contribution in [-0.4, -0.2) is 18.5 Å². The van der Waals surface area contributed by atoms with Gasteiger partial charge in [-0.25, -0.2) is 9.18 Å². The van der Waals surface area contributed by atoms with E-state index in [4.69, 9.17) is 0 Å². The topological polar surface area (TPSA) is 55.4 Å². The van der Waals surface area contributed by atoms with E-state index in [1.165, 1.54) is 6.07 Å². The molecular formula is C13H14FNO3. The van der Waals surface area contributed by atoms with Crippen LogP contribution in [0.15, 0.2) is 24.3 Å². The molecule has 1 amide bonds. The summed E-state index contributed by atoms with van der Waals surface area (Å²) in [5, 5.41) is 2.56. The Morgan fingerprint density at radius 1 is 1.39 bits per heavy atom. The van der Waals surface area contributed by atoms with Crippen molar-refractivity contribution in [3.63, 3.8) is 0 Å². The van der Waals surface area contributed by atoms with Crippen LogP contribution in [0.4, 0.5) is 4.39 Å². The Morgan fingerprint density at radius 2 is 2.06 bits per heavy atom. The first kappa shape index (κ1) is 12.5. The lowest BCUT2D eigenvalue weighted by atomic mass is 10.0. The molecule has 5 heteroatoms. The highest BCUT2D eigenvalue weighted by Crippen LogP contribution is 2.46. The molecule has 2 rings (SSSR count). The molecule has 0 heterocycles. The monoisotopic (exact) mass is 251 g/mol. The zero-order valence-electron chi connectivity index (χ0n) is 10.0. The Morgan fingerprint density at radius 3 is 2.61 bits per heavy atom. The molecule has 0 saturated heterocycles. The molecule has 0 atom stereocenters. The van der Waals surface area contributed by atoms with E-state index >= 15 is 0 Å². The first-order valence-corrected chi connectivity index (χ1v) is 5.83. The summed E-state index contributed by atoms with van der Waals surface area (Å²) in [6.45, 7) is 1.76. The van der Waals surface area contributed by atoms with Crippen molar-refractivity contribution < 1.29 is 18.7 Å². The molecule has 1 fully saturated rings. The normalized spacial score (nSPS) is 15.9. The number of carbonyl (C=O) groups is 2. The van der Waals surface area contributed by atoms with Crippen molar-refractivity contribution in [3.8, 4) is 0 Å². The van der Waals surface area contributed by atoms with Gasteiger partial charge in [-0.15, -0.1) is 0 Å². The Labute approximate surface area is 104 Å². The molecule has 0 bridgehead atoms. The Bertz CT molecular complexity index is 483. The standard InChI is InChI=1S/C13H14FNO3/c1-2-18-12(17)11(16)15-13(7-8-13)9-5-3-4-6-10(9)14/h3-6H,2,7-8H2,1H3,(H,15,16). The van der Waals surface area contributed by atoms with Crippen molar-refractivity contribution in [2.45, 2.75) is 25.3 Å². The van der Waals surface area contributed by atoms with Gasteiger partial charge in [0.1, 0.15) is 5.82 Å². The van der Waals surface area contributed by atoms with Gasteiger partial charge in [-0.05, 0) is 25.8 Å². The second-order valence-electron chi connectivity index (χ2n) is 4.24. The van der Waals surface area contributed by atoms with Gasteiger partial charge in [0.15, 0.2) is 0 Å². The molecule has 18 heavy (non-hydrogen) atoms. The average Bonchev–Trinajstić information content (AvgIpc) is 3.10. The lowest BCUT2D eigenvalue weighted by Gasteiger charge is -2.17. The van der Waals surface area contributed by atoms with E-state index in [0.717, 1.165) is 0 Å². The number of amides is 1. The SMILES string of the molecule is CCOC(=O)C(=O)NC1(c2ccccc2F)CC1. The molecule has 0 unspecified atom stereocenters. The van der Waals surface area contributed by atoms with Crippen LogP contribution in [0.5, 0.6) is 0 Å². The summed E-state index contributed by atoms with van der Waals surface area (Å²) in [6.07, 6.45) is 1.25. The highest BCUT2D eigenvalue weighted by atomic mass is 19.1. The van der Waals surface area contributed by atoms with Crippen molar-refractivity contribution in [2.75, 3.05) is 6.61 Å². The van der Waals surface area contributed by atoms with E-state index in [1.54, 1.807) is 25.1 Å². The molecule has 1 N–H and O–H groups in total. The Hall–Kier alpha value is -1.91. The minimum atomic E-state index is -0.930. The summed E-state index contributed by atoms with van der Waals surface area (Å²) >= 11 is 0. The summed E-state index contributed by atoms with van der Waals surface area (Å²) < 4.78 is 18.3. The van der Waals surface area contributed by atoms with Crippen molar-refractivity contribution in [3.05, 3.63) is 35.6 Å². The van der Waals surface area contributed by atoms with Crippen LogP contribution in [0.25, 0.3) is 0 Å². The molecule has 1 aromatic rings. The Kier molecular flexibility index (Phi) is 3.32. The number of esters is 1. The minimum absolute atomic E-state index is 0.138. The van der Waals surface area contributed by atoms with E-state index in [0.29, 0.717) is 18.4 Å². The maximum absolute atomic E-state index is 13.7. The minimum Gasteiger partial charge on any atom is -0.459 e. The van der Waals surface area contributed by atoms with Crippen LogP contribution in [0, 0.1) is 5.82 Å². The number of ether oxygens (including phenoxy) is 1. The molecule has 1 aliphatic carbocycles. The highest BCUT2D eigenvalue weighted by molar-refractivity contribution is 6.32. The van der Waals surface area contributed by atoms with Gasteiger partial charge in [-0.1, -0.05) is 18.2 Å². The molecule has 0 aromatic heterocycles. The maximum Gasteiger partial charge on any atom is 0.396 e. The van der Waals surface area contributed by atoms with Gasteiger partial charge in [0.2, 0.25) is 0 Å². The zero-order valence-corrected chi connectivity index (χ0v) is 10.0. The second kappa shape index (κ2) is 4.76. The zero-order chi connectivity index (χ0) is 13.2. The van der Waals surface area contributed by atoms with Gasteiger partial charge in [-0.3, -0.25) is 4.79 Å². The molecule has 0 spiro atoms. The smallest absolute Gasteiger partial charge is 0.396 e. The summed E-state index contributed by atoms with van der Waals surface area (Å²) in [7, 11) is 0. The molecule has 0 radical (unpaired) electrons. The quantitative estimate of drug-likeness (QED) is 0.654. The van der Waals surface area contributed by atoms with Gasteiger partial charge in [-0.2, -0.15) is 0 Å². The van der Waals surface area contributed by atoms with Gasteiger partial charge in [0.05, 0.1) is 12.1 Å². The fourth-order valence-corrected chi connectivity index (χ4v) is 1.90. The largest absolute Gasteiger partial charge is 0.459 e. The number of hydrogen-bond donors (Lipinski definition) is 1. The second-order valence-corrected chi connectivity index (χ2v) is 4.24. The van der Waals surface area contributed by atoms with E-state index in [-0.39, 0.29) is 12.4 Å². The summed E-state index contributed by atoms with van der Waals surface area (Å²) in [5.41, 5.74) is -0.322. The van der Waals surface area contributed by atoms with Crippen LogP contribution >= 0.6 is 0 Å². The molecule has 1 aromatic carbocycles. The van der Waals surface area contributed by atoms with Gasteiger partial charge < -0.3 is 10.1 Å². The third kappa shape index (κ3) is 2.34. The highest BCUT2D eigenvalue weighted by Gasteiger charge is 2.48. The fourth-order valence-electron chi connectivity index (χ4n) is 1.90. The van der Waals surface area contributed by atoms with Crippen LogP contribution in [0.2, 0.25) is 0 Å². The van der Waals surface area contributed by atoms with Crippen molar-refractivity contribution >= 4 is 11.9 Å². The van der Waals surface area contributed by atoms with Crippen molar-refractivity contribution in [2.24, 2.45) is 0 Å². The molecule has 1 aliphatic rings.